The zero-order valence-corrected chi connectivity index (χ0v) is 15.7. The number of hydrogen-bond acceptors (Lipinski definition) is 5. The Morgan fingerprint density at radius 2 is 1.92 bits per heavy atom. The Morgan fingerprint density at radius 3 is 2.42 bits per heavy atom. The average molecular weight is 365 g/mol. The topological polar surface area (TPSA) is 108 Å². The van der Waals surface area contributed by atoms with E-state index in [0.29, 0.717) is 26.0 Å². The molecular weight excluding hydrogens is 338 g/mol. The van der Waals surface area contributed by atoms with Gasteiger partial charge in [0, 0.05) is 25.3 Å². The van der Waals surface area contributed by atoms with E-state index in [1.54, 1.807) is 11.9 Å². The minimum atomic E-state index is -0.755. The van der Waals surface area contributed by atoms with Crippen molar-refractivity contribution in [3.05, 3.63) is 29.3 Å². The molecule has 1 aromatic rings. The van der Waals surface area contributed by atoms with Crippen LogP contribution in [-0.4, -0.2) is 47.7 Å². The first kappa shape index (κ1) is 21.4. The summed E-state index contributed by atoms with van der Waals surface area (Å²) in [4.78, 5) is 33.8. The lowest BCUT2D eigenvalue weighted by atomic mass is 10.1. The van der Waals surface area contributed by atoms with Gasteiger partial charge in [-0.15, -0.1) is 0 Å². The van der Waals surface area contributed by atoms with E-state index >= 15 is 0 Å². The highest BCUT2D eigenvalue weighted by Crippen LogP contribution is 2.26. The number of carbonyl (C=O) groups is 3. The van der Waals surface area contributed by atoms with E-state index in [0.717, 1.165) is 16.8 Å². The van der Waals surface area contributed by atoms with Crippen molar-refractivity contribution >= 4 is 24.2 Å². The van der Waals surface area contributed by atoms with Crippen LogP contribution >= 0.6 is 0 Å². The summed E-state index contributed by atoms with van der Waals surface area (Å²) in [5.74, 6) is -0.755. The van der Waals surface area contributed by atoms with E-state index in [-0.39, 0.29) is 12.5 Å². The van der Waals surface area contributed by atoms with E-state index in [1.807, 2.05) is 39.0 Å². The number of benzene rings is 1. The summed E-state index contributed by atoms with van der Waals surface area (Å²) in [5, 5.41) is 13.3. The maximum Gasteiger partial charge on any atom is 0.410 e. The molecule has 0 radical (unpaired) electrons. The van der Waals surface area contributed by atoms with Crippen molar-refractivity contribution in [2.45, 2.75) is 45.9 Å². The number of fused-ring (bicyclic) bond motifs is 1. The van der Waals surface area contributed by atoms with Crippen molar-refractivity contribution in [2.75, 3.05) is 18.9 Å². The Morgan fingerprint density at radius 1 is 1.27 bits per heavy atom. The number of aliphatic carboxylic acids is 1. The first-order valence-electron chi connectivity index (χ1n) is 8.32. The summed E-state index contributed by atoms with van der Waals surface area (Å²) in [6.45, 7) is 7.15. The number of rotatable bonds is 5. The van der Waals surface area contributed by atoms with Gasteiger partial charge in [-0.1, -0.05) is 6.07 Å². The normalized spacial score (nSPS) is 12.5. The summed E-state index contributed by atoms with van der Waals surface area (Å²) in [6.07, 6.45) is 0.535. The van der Waals surface area contributed by atoms with E-state index in [1.165, 1.54) is 0 Å². The van der Waals surface area contributed by atoms with Crippen molar-refractivity contribution in [2.24, 2.45) is 0 Å². The van der Waals surface area contributed by atoms with Gasteiger partial charge in [0.25, 0.3) is 0 Å². The molecule has 8 heteroatoms. The van der Waals surface area contributed by atoms with Crippen LogP contribution in [0, 0.1) is 0 Å². The summed E-state index contributed by atoms with van der Waals surface area (Å²) < 4.78 is 5.35. The van der Waals surface area contributed by atoms with Crippen molar-refractivity contribution in [3.8, 4) is 0 Å². The molecule has 1 aliphatic heterocycles. The van der Waals surface area contributed by atoms with Gasteiger partial charge in [0.2, 0.25) is 6.41 Å². The zero-order valence-electron chi connectivity index (χ0n) is 15.7. The molecule has 8 nitrogen and oxygen atoms in total. The third-order valence-electron chi connectivity index (χ3n) is 3.39. The van der Waals surface area contributed by atoms with Crippen LogP contribution in [0.15, 0.2) is 18.2 Å². The SMILES string of the molecule is CC(C)(C)OC(=O)N1Cc2ccc(NC=O)cc2C1.CNCCC(=O)O. The summed E-state index contributed by atoms with van der Waals surface area (Å²) in [5.41, 5.74) is 2.37. The van der Waals surface area contributed by atoms with Gasteiger partial charge in [-0.2, -0.15) is 0 Å². The first-order valence-corrected chi connectivity index (χ1v) is 8.32. The minimum absolute atomic E-state index is 0.205. The lowest BCUT2D eigenvalue weighted by molar-refractivity contribution is -0.136. The largest absolute Gasteiger partial charge is 0.481 e. The molecule has 1 aliphatic rings. The Kier molecular flexibility index (Phi) is 8.05. The number of carboxylic acid groups (broad SMARTS) is 1. The molecule has 0 aliphatic carbocycles. The van der Waals surface area contributed by atoms with E-state index < -0.39 is 11.6 Å². The van der Waals surface area contributed by atoms with Crippen LogP contribution in [0.25, 0.3) is 0 Å². The monoisotopic (exact) mass is 365 g/mol. The number of nitrogens with zero attached hydrogens (tertiary/aromatic N) is 1. The van der Waals surface area contributed by atoms with Gasteiger partial charge in [-0.3, -0.25) is 14.5 Å². The molecule has 1 aromatic carbocycles. The van der Waals surface area contributed by atoms with Crippen LogP contribution < -0.4 is 10.6 Å². The molecule has 2 rings (SSSR count). The molecule has 26 heavy (non-hydrogen) atoms. The fourth-order valence-corrected chi connectivity index (χ4v) is 2.24. The second-order valence-corrected chi connectivity index (χ2v) is 6.83. The van der Waals surface area contributed by atoms with Gasteiger partial charge >= 0.3 is 12.1 Å². The number of ether oxygens (including phenoxy) is 1. The molecule has 0 atom stereocenters. The lowest BCUT2D eigenvalue weighted by Crippen LogP contribution is -2.33. The van der Waals surface area contributed by atoms with E-state index in [4.69, 9.17) is 9.84 Å². The van der Waals surface area contributed by atoms with Gasteiger partial charge in [0.05, 0.1) is 6.42 Å². The Hall–Kier alpha value is -2.61. The lowest BCUT2D eigenvalue weighted by Gasteiger charge is -2.24. The second-order valence-electron chi connectivity index (χ2n) is 6.83. The number of carboxylic acids is 1. The van der Waals surface area contributed by atoms with Gasteiger partial charge in [0.1, 0.15) is 5.60 Å². The average Bonchev–Trinajstić information content (AvgIpc) is 2.96. The fourth-order valence-electron chi connectivity index (χ4n) is 2.24. The predicted molar refractivity (Wildman–Crippen MR) is 97.8 cm³/mol. The minimum Gasteiger partial charge on any atom is -0.481 e. The molecule has 1 heterocycles. The highest BCUT2D eigenvalue weighted by Gasteiger charge is 2.27. The van der Waals surface area contributed by atoms with Crippen LogP contribution in [0.1, 0.15) is 38.3 Å². The van der Waals surface area contributed by atoms with Gasteiger partial charge in [0.15, 0.2) is 0 Å². The highest BCUT2D eigenvalue weighted by atomic mass is 16.6. The number of carbonyl (C=O) groups excluding carboxylic acids is 2. The third kappa shape index (κ3) is 7.52. The molecular formula is C18H27N3O5. The van der Waals surface area contributed by atoms with Crippen molar-refractivity contribution in [3.63, 3.8) is 0 Å². The molecule has 0 fully saturated rings. The molecule has 3 N–H and O–H groups in total. The van der Waals surface area contributed by atoms with E-state index in [2.05, 4.69) is 10.6 Å². The number of hydrogen-bond donors (Lipinski definition) is 3. The summed E-state index contributed by atoms with van der Waals surface area (Å²) >= 11 is 0. The standard InChI is InChI=1S/C14H18N2O3.C4H9NO2/c1-14(2,3)19-13(18)16-7-10-4-5-12(15-9-17)6-11(10)8-16;1-5-3-2-4(6)7/h4-6,9H,7-8H2,1-3H3,(H,15,17);5H,2-3H2,1H3,(H,6,7). The van der Waals surface area contributed by atoms with Crippen LogP contribution in [-0.2, 0) is 27.4 Å². The number of anilines is 1. The van der Waals surface area contributed by atoms with Gasteiger partial charge < -0.3 is 20.5 Å². The van der Waals surface area contributed by atoms with E-state index in [9.17, 15) is 14.4 Å². The fraction of sp³-hybridized carbons (Fsp3) is 0.500. The molecule has 2 amide bonds. The maximum atomic E-state index is 12.0. The Bertz CT molecular complexity index is 640. The van der Waals surface area contributed by atoms with Gasteiger partial charge in [-0.25, -0.2) is 4.79 Å². The van der Waals surface area contributed by atoms with Crippen LogP contribution in [0.2, 0.25) is 0 Å². The molecule has 0 saturated heterocycles. The van der Waals surface area contributed by atoms with Crippen LogP contribution in [0.4, 0.5) is 10.5 Å². The van der Waals surface area contributed by atoms with Crippen molar-refractivity contribution < 1.29 is 24.2 Å². The third-order valence-corrected chi connectivity index (χ3v) is 3.39. The van der Waals surface area contributed by atoms with Crippen LogP contribution in [0.3, 0.4) is 0 Å². The maximum absolute atomic E-state index is 12.0. The van der Waals surface area contributed by atoms with Crippen molar-refractivity contribution in [1.82, 2.24) is 10.2 Å². The summed E-state index contributed by atoms with van der Waals surface area (Å²) in [6, 6.07) is 5.63. The Labute approximate surface area is 153 Å². The quantitative estimate of drug-likeness (QED) is 0.690. The molecule has 0 saturated carbocycles. The van der Waals surface area contributed by atoms with Crippen molar-refractivity contribution in [1.29, 1.82) is 0 Å². The smallest absolute Gasteiger partial charge is 0.410 e. The number of amides is 2. The molecule has 144 valence electrons. The molecule has 0 spiro atoms. The second kappa shape index (κ2) is 9.76. The van der Waals surface area contributed by atoms with Crippen LogP contribution in [0.5, 0.6) is 0 Å². The first-order chi connectivity index (χ1) is 12.2. The highest BCUT2D eigenvalue weighted by molar-refractivity contribution is 5.73. The molecule has 0 bridgehead atoms. The number of nitrogens with one attached hydrogen (secondary N) is 2. The zero-order chi connectivity index (χ0) is 19.7. The predicted octanol–water partition coefficient (Wildman–Crippen LogP) is 2.19. The summed E-state index contributed by atoms with van der Waals surface area (Å²) in [7, 11) is 1.73. The van der Waals surface area contributed by atoms with Gasteiger partial charge in [-0.05, 0) is 51.1 Å². The Balaban J connectivity index is 0.000000412. The molecule has 0 aromatic heterocycles. The molecule has 0 unspecified atom stereocenters.